The number of aryl methyl sites for hydroxylation is 1. The van der Waals surface area contributed by atoms with E-state index in [0.717, 1.165) is 6.42 Å². The zero-order chi connectivity index (χ0) is 15.9. The molecule has 1 saturated carbocycles. The van der Waals surface area contributed by atoms with E-state index in [-0.39, 0.29) is 12.1 Å². The number of amides is 2. The highest BCUT2D eigenvalue weighted by Crippen LogP contribution is 2.25. The molecule has 0 aromatic carbocycles. The number of urea groups is 1. The molecule has 2 N–H and O–H groups in total. The van der Waals surface area contributed by atoms with Crippen LogP contribution in [0.3, 0.4) is 0 Å². The predicted octanol–water partition coefficient (Wildman–Crippen LogP) is 2.33. The van der Waals surface area contributed by atoms with Crippen molar-refractivity contribution in [3.8, 4) is 0 Å². The lowest BCUT2D eigenvalue weighted by Gasteiger charge is -2.28. The fourth-order valence-electron chi connectivity index (χ4n) is 2.70. The van der Waals surface area contributed by atoms with Crippen LogP contribution in [-0.2, 0) is 4.74 Å². The number of hydrogen-bond donors (Lipinski definition) is 2. The zero-order valence-electron chi connectivity index (χ0n) is 13.6. The molecule has 22 heavy (non-hydrogen) atoms. The number of rotatable bonds is 6. The highest BCUT2D eigenvalue weighted by Gasteiger charge is 2.21. The third kappa shape index (κ3) is 4.98. The molecule has 1 aromatic rings. The number of carbonyl (C=O) groups is 1. The molecule has 1 aliphatic carbocycles. The lowest BCUT2D eigenvalue weighted by Crippen LogP contribution is -2.39. The summed E-state index contributed by atoms with van der Waals surface area (Å²) >= 11 is 0. The van der Waals surface area contributed by atoms with E-state index in [4.69, 9.17) is 9.26 Å². The van der Waals surface area contributed by atoms with Gasteiger partial charge in [-0.25, -0.2) is 4.79 Å². The number of ether oxygens (including phenoxy) is 1. The summed E-state index contributed by atoms with van der Waals surface area (Å²) in [6, 6.07) is -0.580. The predicted molar refractivity (Wildman–Crippen MR) is 81.4 cm³/mol. The SMILES string of the molecule is Cc1noc(C(C)NC(=O)NCCOC2CCCCC2C)n1. The molecule has 1 fully saturated rings. The molecule has 7 heteroatoms. The van der Waals surface area contributed by atoms with E-state index in [2.05, 4.69) is 27.7 Å². The van der Waals surface area contributed by atoms with Crippen LogP contribution in [0.5, 0.6) is 0 Å². The van der Waals surface area contributed by atoms with E-state index in [1.807, 2.05) is 0 Å². The van der Waals surface area contributed by atoms with Gasteiger partial charge < -0.3 is 19.9 Å². The highest BCUT2D eigenvalue weighted by atomic mass is 16.5. The summed E-state index contributed by atoms with van der Waals surface area (Å²) in [6.07, 6.45) is 5.23. The highest BCUT2D eigenvalue weighted by molar-refractivity contribution is 5.74. The molecule has 1 heterocycles. The molecule has 0 saturated heterocycles. The molecule has 2 amide bonds. The summed E-state index contributed by atoms with van der Waals surface area (Å²) in [5, 5.41) is 9.24. The summed E-state index contributed by atoms with van der Waals surface area (Å²) in [5.41, 5.74) is 0. The Morgan fingerprint density at radius 1 is 1.45 bits per heavy atom. The van der Waals surface area contributed by atoms with Crippen molar-refractivity contribution in [2.24, 2.45) is 5.92 Å². The molecule has 2 rings (SSSR count). The summed E-state index contributed by atoms with van der Waals surface area (Å²) in [6.45, 7) is 6.80. The summed E-state index contributed by atoms with van der Waals surface area (Å²) in [4.78, 5) is 15.9. The van der Waals surface area contributed by atoms with Crippen LogP contribution in [0.4, 0.5) is 4.79 Å². The Morgan fingerprint density at radius 3 is 2.91 bits per heavy atom. The van der Waals surface area contributed by atoms with Gasteiger partial charge in [0.15, 0.2) is 5.82 Å². The van der Waals surface area contributed by atoms with Crippen LogP contribution in [-0.4, -0.2) is 35.4 Å². The smallest absolute Gasteiger partial charge is 0.315 e. The maximum Gasteiger partial charge on any atom is 0.315 e. The van der Waals surface area contributed by atoms with Gasteiger partial charge in [-0.05, 0) is 32.6 Å². The maximum absolute atomic E-state index is 11.8. The Bertz CT molecular complexity index is 477. The average Bonchev–Trinajstić information content (AvgIpc) is 2.92. The van der Waals surface area contributed by atoms with Crippen molar-refractivity contribution < 1.29 is 14.1 Å². The van der Waals surface area contributed by atoms with E-state index >= 15 is 0 Å². The van der Waals surface area contributed by atoms with Gasteiger partial charge in [0.25, 0.3) is 0 Å². The van der Waals surface area contributed by atoms with Gasteiger partial charge in [-0.1, -0.05) is 24.9 Å². The number of hydrogen-bond acceptors (Lipinski definition) is 5. The van der Waals surface area contributed by atoms with Crippen molar-refractivity contribution >= 4 is 6.03 Å². The van der Waals surface area contributed by atoms with Gasteiger partial charge in [-0.2, -0.15) is 4.98 Å². The summed E-state index contributed by atoms with van der Waals surface area (Å²) < 4.78 is 10.9. The van der Waals surface area contributed by atoms with Crippen molar-refractivity contribution in [1.82, 2.24) is 20.8 Å². The monoisotopic (exact) mass is 310 g/mol. The van der Waals surface area contributed by atoms with Crippen LogP contribution in [0, 0.1) is 12.8 Å². The fourth-order valence-corrected chi connectivity index (χ4v) is 2.70. The van der Waals surface area contributed by atoms with Crippen LogP contribution in [0.15, 0.2) is 4.52 Å². The van der Waals surface area contributed by atoms with Crippen LogP contribution < -0.4 is 10.6 Å². The molecule has 0 spiro atoms. The molecule has 3 atom stereocenters. The standard InChI is InChI=1S/C15H26N4O3/c1-10-6-4-5-7-13(10)21-9-8-16-15(20)17-11(2)14-18-12(3)19-22-14/h10-11,13H,4-9H2,1-3H3,(H2,16,17,20). The molecule has 1 aliphatic rings. The molecule has 0 radical (unpaired) electrons. The Balaban J connectivity index is 1.61. The van der Waals surface area contributed by atoms with Gasteiger partial charge in [0.1, 0.15) is 6.04 Å². The summed E-state index contributed by atoms with van der Waals surface area (Å²) in [5.74, 6) is 1.57. The number of nitrogens with zero attached hydrogens (tertiary/aromatic N) is 2. The maximum atomic E-state index is 11.8. The second-order valence-electron chi connectivity index (χ2n) is 5.97. The van der Waals surface area contributed by atoms with E-state index < -0.39 is 0 Å². The van der Waals surface area contributed by atoms with Gasteiger partial charge in [-0.15, -0.1) is 0 Å². The fraction of sp³-hybridized carbons (Fsp3) is 0.800. The number of carbonyl (C=O) groups excluding carboxylic acids is 1. The lowest BCUT2D eigenvalue weighted by molar-refractivity contribution is -0.00245. The van der Waals surface area contributed by atoms with Crippen molar-refractivity contribution in [2.75, 3.05) is 13.2 Å². The van der Waals surface area contributed by atoms with Crippen molar-refractivity contribution in [3.63, 3.8) is 0 Å². The van der Waals surface area contributed by atoms with Crippen LogP contribution in [0.25, 0.3) is 0 Å². The van der Waals surface area contributed by atoms with Crippen LogP contribution in [0.1, 0.15) is 57.3 Å². The second-order valence-corrected chi connectivity index (χ2v) is 5.97. The molecule has 1 aromatic heterocycles. The average molecular weight is 310 g/mol. The third-order valence-corrected chi connectivity index (χ3v) is 4.01. The molecule has 0 bridgehead atoms. The van der Waals surface area contributed by atoms with Crippen molar-refractivity contribution in [1.29, 1.82) is 0 Å². The first-order valence-corrected chi connectivity index (χ1v) is 8.02. The topological polar surface area (TPSA) is 89.3 Å². The van der Waals surface area contributed by atoms with Gasteiger partial charge in [0.05, 0.1) is 12.7 Å². The van der Waals surface area contributed by atoms with E-state index in [0.29, 0.717) is 36.9 Å². The van der Waals surface area contributed by atoms with Crippen LogP contribution >= 0.6 is 0 Å². The van der Waals surface area contributed by atoms with Crippen molar-refractivity contribution in [2.45, 2.75) is 58.6 Å². The van der Waals surface area contributed by atoms with E-state index in [1.54, 1.807) is 13.8 Å². The third-order valence-electron chi connectivity index (χ3n) is 4.01. The quantitative estimate of drug-likeness (QED) is 0.787. The first kappa shape index (κ1) is 16.7. The second kappa shape index (κ2) is 8.12. The first-order chi connectivity index (χ1) is 10.6. The Kier molecular flexibility index (Phi) is 6.18. The minimum absolute atomic E-state index is 0.261. The molecule has 7 nitrogen and oxygen atoms in total. The normalized spacial score (nSPS) is 23.0. The largest absolute Gasteiger partial charge is 0.376 e. The lowest BCUT2D eigenvalue weighted by atomic mass is 9.88. The molecular weight excluding hydrogens is 284 g/mol. The van der Waals surface area contributed by atoms with E-state index in [1.165, 1.54) is 19.3 Å². The van der Waals surface area contributed by atoms with E-state index in [9.17, 15) is 4.79 Å². The zero-order valence-corrected chi connectivity index (χ0v) is 13.6. The minimum atomic E-state index is -0.319. The molecule has 124 valence electrons. The van der Waals surface area contributed by atoms with Gasteiger partial charge in [0.2, 0.25) is 5.89 Å². The van der Waals surface area contributed by atoms with Gasteiger partial charge in [-0.3, -0.25) is 0 Å². The Morgan fingerprint density at radius 2 is 2.23 bits per heavy atom. The molecular formula is C15H26N4O3. The molecule has 0 aliphatic heterocycles. The number of aromatic nitrogens is 2. The van der Waals surface area contributed by atoms with Crippen LogP contribution in [0.2, 0.25) is 0 Å². The van der Waals surface area contributed by atoms with Crippen molar-refractivity contribution in [3.05, 3.63) is 11.7 Å². The van der Waals surface area contributed by atoms with Gasteiger partial charge >= 0.3 is 6.03 Å². The summed E-state index contributed by atoms with van der Waals surface area (Å²) in [7, 11) is 0. The minimum Gasteiger partial charge on any atom is -0.376 e. The molecule has 3 unspecified atom stereocenters. The first-order valence-electron chi connectivity index (χ1n) is 8.02. The van der Waals surface area contributed by atoms with Gasteiger partial charge in [0, 0.05) is 6.54 Å². The number of nitrogens with one attached hydrogen (secondary N) is 2. The Labute approximate surface area is 131 Å². The Hall–Kier alpha value is -1.63.